The Hall–Kier alpha value is -1.49. The number of amides is 1. The van der Waals surface area contributed by atoms with Crippen LogP contribution in [0, 0.1) is 17.6 Å². The first-order valence-electron chi connectivity index (χ1n) is 6.93. The summed E-state index contributed by atoms with van der Waals surface area (Å²) in [6.45, 7) is 1.43. The molecular formula is C15H19F2NO2. The first-order valence-corrected chi connectivity index (χ1v) is 6.93. The van der Waals surface area contributed by atoms with E-state index in [0.717, 1.165) is 18.9 Å². The smallest absolute Gasteiger partial charge is 0.222 e. The summed E-state index contributed by atoms with van der Waals surface area (Å²) < 4.78 is 26.5. The minimum absolute atomic E-state index is 0.0370. The second-order valence-electron chi connectivity index (χ2n) is 5.22. The molecular weight excluding hydrogens is 264 g/mol. The largest absolute Gasteiger partial charge is 0.396 e. The highest BCUT2D eigenvalue weighted by Crippen LogP contribution is 2.18. The molecule has 1 N–H and O–H groups in total. The Bertz CT molecular complexity index is 471. The zero-order chi connectivity index (χ0) is 14.5. The van der Waals surface area contributed by atoms with Gasteiger partial charge in [0.05, 0.1) is 0 Å². The van der Waals surface area contributed by atoms with E-state index in [1.165, 1.54) is 12.1 Å². The van der Waals surface area contributed by atoms with Crippen molar-refractivity contribution in [2.45, 2.75) is 25.7 Å². The summed E-state index contributed by atoms with van der Waals surface area (Å²) in [5, 5.41) is 9.04. The van der Waals surface area contributed by atoms with Crippen molar-refractivity contribution in [3.8, 4) is 0 Å². The molecule has 3 nitrogen and oxygen atoms in total. The van der Waals surface area contributed by atoms with E-state index >= 15 is 0 Å². The van der Waals surface area contributed by atoms with Gasteiger partial charge < -0.3 is 10.0 Å². The van der Waals surface area contributed by atoms with E-state index in [9.17, 15) is 13.6 Å². The molecule has 0 spiro atoms. The zero-order valence-electron chi connectivity index (χ0n) is 11.3. The van der Waals surface area contributed by atoms with Gasteiger partial charge in [-0.3, -0.25) is 4.79 Å². The third kappa shape index (κ3) is 3.54. The lowest BCUT2D eigenvalue weighted by Crippen LogP contribution is -2.39. The maximum atomic E-state index is 13.5. The molecule has 0 bridgehead atoms. The summed E-state index contributed by atoms with van der Waals surface area (Å²) in [5.74, 6) is -1.50. The Labute approximate surface area is 117 Å². The molecule has 0 atom stereocenters. The topological polar surface area (TPSA) is 40.5 Å². The number of carbonyl (C=O) groups excluding carboxylic acids is 1. The first kappa shape index (κ1) is 14.9. The highest BCUT2D eigenvalue weighted by Gasteiger charge is 2.22. The number of likely N-dealkylation sites (tertiary alicyclic amines) is 1. The van der Waals surface area contributed by atoms with Gasteiger partial charge in [-0.15, -0.1) is 0 Å². The van der Waals surface area contributed by atoms with Gasteiger partial charge in [-0.25, -0.2) is 8.78 Å². The zero-order valence-corrected chi connectivity index (χ0v) is 11.3. The molecule has 110 valence electrons. The molecule has 1 aliphatic rings. The Morgan fingerprint density at radius 2 is 2.00 bits per heavy atom. The van der Waals surface area contributed by atoms with E-state index in [4.69, 9.17) is 5.11 Å². The number of hydrogen-bond acceptors (Lipinski definition) is 2. The molecule has 20 heavy (non-hydrogen) atoms. The van der Waals surface area contributed by atoms with Crippen molar-refractivity contribution in [3.05, 3.63) is 35.4 Å². The molecule has 1 amide bonds. The molecule has 0 aromatic heterocycles. The third-order valence-electron chi connectivity index (χ3n) is 3.87. The normalized spacial score (nSPS) is 16.4. The molecule has 0 aliphatic carbocycles. The molecule has 5 heteroatoms. The van der Waals surface area contributed by atoms with Crippen LogP contribution >= 0.6 is 0 Å². The van der Waals surface area contributed by atoms with Crippen LogP contribution < -0.4 is 0 Å². The van der Waals surface area contributed by atoms with Crippen LogP contribution in [0.25, 0.3) is 0 Å². The number of aliphatic hydroxyl groups is 1. The van der Waals surface area contributed by atoms with Gasteiger partial charge in [0.1, 0.15) is 0 Å². The molecule has 1 aromatic rings. The Morgan fingerprint density at radius 1 is 1.30 bits per heavy atom. The molecule has 1 aliphatic heterocycles. The maximum Gasteiger partial charge on any atom is 0.222 e. The van der Waals surface area contributed by atoms with E-state index in [0.29, 0.717) is 13.1 Å². The first-order chi connectivity index (χ1) is 9.61. The van der Waals surface area contributed by atoms with Gasteiger partial charge in [-0.2, -0.15) is 0 Å². The quantitative estimate of drug-likeness (QED) is 0.919. The SMILES string of the molecule is O=C(CCc1cccc(F)c1F)N1CCC(CO)CC1. The van der Waals surface area contributed by atoms with Gasteiger partial charge >= 0.3 is 0 Å². The second kappa shape index (κ2) is 6.79. The summed E-state index contributed by atoms with van der Waals surface area (Å²) in [6.07, 6.45) is 2.00. The third-order valence-corrected chi connectivity index (χ3v) is 3.87. The fraction of sp³-hybridized carbons (Fsp3) is 0.533. The fourth-order valence-corrected chi connectivity index (χ4v) is 2.51. The molecule has 2 rings (SSSR count). The van der Waals surface area contributed by atoms with Crippen molar-refractivity contribution in [1.29, 1.82) is 0 Å². The van der Waals surface area contributed by atoms with Crippen LogP contribution in [0.4, 0.5) is 8.78 Å². The summed E-state index contributed by atoms with van der Waals surface area (Å²) in [5.41, 5.74) is 0.239. The lowest BCUT2D eigenvalue weighted by Gasteiger charge is -2.31. The average molecular weight is 283 g/mol. The number of halogens is 2. The van der Waals surface area contributed by atoms with Crippen molar-refractivity contribution in [3.63, 3.8) is 0 Å². The molecule has 1 fully saturated rings. The minimum Gasteiger partial charge on any atom is -0.396 e. The van der Waals surface area contributed by atoms with Crippen molar-refractivity contribution < 1.29 is 18.7 Å². The number of hydrogen-bond donors (Lipinski definition) is 1. The highest BCUT2D eigenvalue weighted by atomic mass is 19.2. The van der Waals surface area contributed by atoms with Crippen LogP contribution in [0.2, 0.25) is 0 Å². The van der Waals surface area contributed by atoms with Crippen molar-refractivity contribution in [1.82, 2.24) is 4.90 Å². The molecule has 1 aromatic carbocycles. The lowest BCUT2D eigenvalue weighted by atomic mass is 9.97. The van der Waals surface area contributed by atoms with E-state index in [-0.39, 0.29) is 36.8 Å². The predicted octanol–water partition coefficient (Wildman–Crippen LogP) is 2.13. The lowest BCUT2D eigenvalue weighted by molar-refractivity contribution is -0.132. The van der Waals surface area contributed by atoms with Crippen LogP contribution in [0.1, 0.15) is 24.8 Å². The number of rotatable bonds is 4. The van der Waals surface area contributed by atoms with Crippen LogP contribution in [0.3, 0.4) is 0 Å². The highest BCUT2D eigenvalue weighted by molar-refractivity contribution is 5.76. The van der Waals surface area contributed by atoms with E-state index in [1.54, 1.807) is 4.90 Å². The molecule has 1 heterocycles. The molecule has 0 saturated carbocycles. The second-order valence-corrected chi connectivity index (χ2v) is 5.22. The van der Waals surface area contributed by atoms with Crippen LogP contribution in [-0.4, -0.2) is 35.6 Å². The van der Waals surface area contributed by atoms with Crippen molar-refractivity contribution in [2.24, 2.45) is 5.92 Å². The molecule has 1 saturated heterocycles. The number of carbonyl (C=O) groups is 1. The number of aryl methyl sites for hydroxylation is 1. The summed E-state index contributed by atoms with van der Waals surface area (Å²) in [4.78, 5) is 13.7. The summed E-state index contributed by atoms with van der Waals surface area (Å²) in [6, 6.07) is 4.02. The van der Waals surface area contributed by atoms with Gasteiger partial charge in [0.15, 0.2) is 11.6 Å². The summed E-state index contributed by atoms with van der Waals surface area (Å²) >= 11 is 0. The van der Waals surface area contributed by atoms with Crippen LogP contribution in [0.5, 0.6) is 0 Å². The van der Waals surface area contributed by atoms with Gasteiger partial charge in [-0.1, -0.05) is 12.1 Å². The van der Waals surface area contributed by atoms with E-state index in [1.807, 2.05) is 0 Å². The van der Waals surface area contributed by atoms with E-state index < -0.39 is 11.6 Å². The van der Waals surface area contributed by atoms with Crippen LogP contribution in [0.15, 0.2) is 18.2 Å². The number of benzene rings is 1. The number of nitrogens with zero attached hydrogens (tertiary/aromatic N) is 1. The maximum absolute atomic E-state index is 13.5. The van der Waals surface area contributed by atoms with Gasteiger partial charge in [0.2, 0.25) is 5.91 Å². The Kier molecular flexibility index (Phi) is 5.06. The summed E-state index contributed by atoms with van der Waals surface area (Å²) in [7, 11) is 0. The van der Waals surface area contributed by atoms with Gasteiger partial charge in [0, 0.05) is 26.1 Å². The standard InChI is InChI=1S/C15H19F2NO2/c16-13-3-1-2-12(15(13)17)4-5-14(20)18-8-6-11(10-19)7-9-18/h1-3,11,19H,4-10H2. The Balaban J connectivity index is 1.85. The average Bonchev–Trinajstić information content (AvgIpc) is 2.48. The number of aliphatic hydroxyl groups excluding tert-OH is 1. The van der Waals surface area contributed by atoms with Crippen LogP contribution in [-0.2, 0) is 11.2 Å². The van der Waals surface area contributed by atoms with Crippen molar-refractivity contribution >= 4 is 5.91 Å². The van der Waals surface area contributed by atoms with E-state index in [2.05, 4.69) is 0 Å². The van der Waals surface area contributed by atoms with Gasteiger partial charge in [0.25, 0.3) is 0 Å². The predicted molar refractivity (Wildman–Crippen MR) is 71.1 cm³/mol. The molecule has 0 unspecified atom stereocenters. The minimum atomic E-state index is -0.876. The monoisotopic (exact) mass is 283 g/mol. The fourth-order valence-electron chi connectivity index (χ4n) is 2.51. The van der Waals surface area contributed by atoms with Gasteiger partial charge in [-0.05, 0) is 36.8 Å². The van der Waals surface area contributed by atoms with Crippen molar-refractivity contribution in [2.75, 3.05) is 19.7 Å². The Morgan fingerprint density at radius 3 is 2.65 bits per heavy atom. The number of piperidine rings is 1. The molecule has 0 radical (unpaired) electrons.